The van der Waals surface area contributed by atoms with E-state index in [0.29, 0.717) is 18.3 Å². The Hall–Kier alpha value is -3.06. The highest BCUT2D eigenvalue weighted by atomic mass is 32.2. The van der Waals surface area contributed by atoms with Gasteiger partial charge >= 0.3 is 6.03 Å². The third-order valence-corrected chi connectivity index (χ3v) is 7.55. The van der Waals surface area contributed by atoms with Crippen LogP contribution < -0.4 is 15.0 Å². The molecule has 1 aliphatic carbocycles. The maximum Gasteiger partial charge on any atom is 0.322 e. The van der Waals surface area contributed by atoms with Crippen molar-refractivity contribution in [2.24, 2.45) is 0 Å². The summed E-state index contributed by atoms with van der Waals surface area (Å²) in [4.78, 5) is 25.4. The number of nitrogens with zero attached hydrogens (tertiary/aromatic N) is 3. The number of hydrogen-bond acceptors (Lipinski definition) is 5. The molecule has 182 valence electrons. The quantitative estimate of drug-likeness (QED) is 0.402. The Kier molecular flexibility index (Phi) is 7.23. The number of ether oxygens (including phenoxy) is 1. The van der Waals surface area contributed by atoms with Gasteiger partial charge in [-0.2, -0.15) is 0 Å². The van der Waals surface area contributed by atoms with Gasteiger partial charge in [-0.15, -0.1) is 11.8 Å². The third-order valence-electron chi connectivity index (χ3n) is 6.66. The molecule has 0 bridgehead atoms. The lowest BCUT2D eigenvalue weighted by atomic mass is 9.97. The van der Waals surface area contributed by atoms with Crippen LogP contribution in [0.1, 0.15) is 55.3 Å². The molecule has 2 amide bonds. The molecule has 7 heteroatoms. The van der Waals surface area contributed by atoms with Crippen molar-refractivity contribution >= 4 is 23.5 Å². The summed E-state index contributed by atoms with van der Waals surface area (Å²) in [5.74, 6) is 2.16. The summed E-state index contributed by atoms with van der Waals surface area (Å²) in [6, 6.07) is 14.7. The Morgan fingerprint density at radius 1 is 1.14 bits per heavy atom. The first kappa shape index (κ1) is 23.7. The number of fused-ring (bicyclic) bond motifs is 1. The molecule has 0 unspecified atom stereocenters. The molecule has 0 radical (unpaired) electrons. The number of thioether (sulfide) groups is 1. The largest absolute Gasteiger partial charge is 0.480 e. The summed E-state index contributed by atoms with van der Waals surface area (Å²) >= 11 is 1.82. The minimum Gasteiger partial charge on any atom is -0.480 e. The van der Waals surface area contributed by atoms with E-state index in [-0.39, 0.29) is 6.03 Å². The zero-order valence-corrected chi connectivity index (χ0v) is 21.2. The second kappa shape index (κ2) is 10.7. The predicted molar refractivity (Wildman–Crippen MR) is 141 cm³/mol. The highest BCUT2D eigenvalue weighted by Gasteiger charge is 2.31. The number of rotatable bonds is 7. The van der Waals surface area contributed by atoms with Gasteiger partial charge in [0.2, 0.25) is 5.88 Å². The molecule has 0 atom stereocenters. The molecule has 0 saturated heterocycles. The number of hydrogen-bond donors (Lipinski definition) is 1. The van der Waals surface area contributed by atoms with E-state index in [0.717, 1.165) is 72.5 Å². The van der Waals surface area contributed by atoms with E-state index in [2.05, 4.69) is 64.7 Å². The fourth-order valence-corrected chi connectivity index (χ4v) is 5.40. The summed E-state index contributed by atoms with van der Waals surface area (Å²) in [6.45, 7) is 3.38. The van der Waals surface area contributed by atoms with Crippen LogP contribution in [0.2, 0.25) is 0 Å². The van der Waals surface area contributed by atoms with Crippen LogP contribution in [0.4, 0.5) is 10.5 Å². The van der Waals surface area contributed by atoms with Crippen LogP contribution in [-0.2, 0) is 13.0 Å². The van der Waals surface area contributed by atoms with Crippen LogP contribution in [0.25, 0.3) is 11.1 Å². The van der Waals surface area contributed by atoms with Crippen molar-refractivity contribution in [1.82, 2.24) is 15.3 Å². The second-order valence-corrected chi connectivity index (χ2v) is 10.4. The van der Waals surface area contributed by atoms with E-state index in [1.807, 2.05) is 16.7 Å². The van der Waals surface area contributed by atoms with Crippen LogP contribution in [0, 0.1) is 0 Å². The van der Waals surface area contributed by atoms with Gasteiger partial charge in [-0.05, 0) is 78.8 Å². The van der Waals surface area contributed by atoms with Crippen LogP contribution in [-0.4, -0.2) is 35.4 Å². The maximum atomic E-state index is 13.2. The average Bonchev–Trinajstić information content (AvgIpc) is 3.75. The van der Waals surface area contributed by atoms with Crippen molar-refractivity contribution < 1.29 is 9.53 Å². The molecular weight excluding hydrogens is 456 g/mol. The zero-order chi connectivity index (χ0) is 24.2. The van der Waals surface area contributed by atoms with Gasteiger partial charge in [0, 0.05) is 29.6 Å². The minimum absolute atomic E-state index is 0.0489. The van der Waals surface area contributed by atoms with Crippen molar-refractivity contribution in [2.75, 3.05) is 24.3 Å². The SMILES string of the molecule is CCSc1ccc(CNC(=O)N2CCCCc3cc(-c4c(OC)ncnc4C4CC4)ccc32)cc1. The lowest BCUT2D eigenvalue weighted by molar-refractivity contribution is 0.246. The number of amides is 2. The summed E-state index contributed by atoms with van der Waals surface area (Å²) in [5.41, 5.74) is 6.41. The Balaban J connectivity index is 1.37. The van der Waals surface area contributed by atoms with E-state index in [1.54, 1.807) is 13.4 Å². The smallest absolute Gasteiger partial charge is 0.322 e. The van der Waals surface area contributed by atoms with Crippen molar-refractivity contribution in [2.45, 2.75) is 56.4 Å². The topological polar surface area (TPSA) is 67.4 Å². The van der Waals surface area contributed by atoms with Crippen molar-refractivity contribution in [3.05, 3.63) is 65.6 Å². The molecule has 1 fully saturated rings. The van der Waals surface area contributed by atoms with E-state index >= 15 is 0 Å². The highest BCUT2D eigenvalue weighted by molar-refractivity contribution is 7.99. The fourth-order valence-electron chi connectivity index (χ4n) is 4.74. The van der Waals surface area contributed by atoms with Gasteiger partial charge in [-0.25, -0.2) is 14.8 Å². The Bertz CT molecular complexity index is 1190. The average molecular weight is 489 g/mol. The first-order valence-electron chi connectivity index (χ1n) is 12.5. The van der Waals surface area contributed by atoms with Crippen LogP contribution in [0.3, 0.4) is 0 Å². The lowest BCUT2D eigenvalue weighted by Crippen LogP contribution is -2.40. The third kappa shape index (κ3) is 5.30. The predicted octanol–water partition coefficient (Wildman–Crippen LogP) is 6.19. The molecule has 2 aromatic carbocycles. The second-order valence-electron chi connectivity index (χ2n) is 9.11. The lowest BCUT2D eigenvalue weighted by Gasteiger charge is -2.24. The molecular formula is C28H32N4O2S. The number of aromatic nitrogens is 2. The van der Waals surface area contributed by atoms with Crippen LogP contribution in [0.15, 0.2) is 53.7 Å². The number of methoxy groups -OCH3 is 1. The maximum absolute atomic E-state index is 13.2. The first-order chi connectivity index (χ1) is 17.2. The van der Waals surface area contributed by atoms with Crippen molar-refractivity contribution in [3.63, 3.8) is 0 Å². The molecule has 5 rings (SSSR count). The molecule has 1 N–H and O–H groups in total. The summed E-state index contributed by atoms with van der Waals surface area (Å²) in [7, 11) is 1.66. The molecule has 6 nitrogen and oxygen atoms in total. The number of benzene rings is 2. The molecule has 1 aliphatic heterocycles. The highest BCUT2D eigenvalue weighted by Crippen LogP contribution is 2.46. The molecule has 2 heterocycles. The van der Waals surface area contributed by atoms with Gasteiger partial charge in [0.25, 0.3) is 0 Å². The van der Waals surface area contributed by atoms with Gasteiger partial charge in [0.15, 0.2) is 0 Å². The van der Waals surface area contributed by atoms with Gasteiger partial charge in [0.05, 0.1) is 18.4 Å². The van der Waals surface area contributed by atoms with Crippen molar-refractivity contribution in [1.29, 1.82) is 0 Å². The molecule has 2 aliphatic rings. The summed E-state index contributed by atoms with van der Waals surface area (Å²) in [5, 5.41) is 3.13. The van der Waals surface area contributed by atoms with Crippen LogP contribution >= 0.6 is 11.8 Å². The normalized spacial score (nSPS) is 15.3. The number of urea groups is 1. The number of carbonyl (C=O) groups excluding carboxylic acids is 1. The van der Waals surface area contributed by atoms with Gasteiger partial charge < -0.3 is 10.1 Å². The Morgan fingerprint density at radius 2 is 1.97 bits per heavy atom. The number of carbonyl (C=O) groups is 1. The number of anilines is 1. The standard InChI is InChI=1S/C28H32N4O2S/c1-3-35-23-12-7-19(8-13-23)17-29-28(33)32-15-5-4-6-21-16-22(11-14-24(21)32)25-26(20-9-10-20)30-18-31-27(25)34-2/h7-8,11-14,16,18,20H,3-6,9-10,15,17H2,1-2H3,(H,29,33). The molecule has 0 spiro atoms. The Morgan fingerprint density at radius 3 is 2.71 bits per heavy atom. The van der Waals surface area contributed by atoms with E-state index in [4.69, 9.17) is 4.74 Å². The molecule has 3 aromatic rings. The van der Waals surface area contributed by atoms with E-state index in [9.17, 15) is 4.79 Å². The fraction of sp³-hybridized carbons (Fsp3) is 0.393. The van der Waals surface area contributed by atoms with Crippen LogP contribution in [0.5, 0.6) is 5.88 Å². The van der Waals surface area contributed by atoms with Gasteiger partial charge in [-0.3, -0.25) is 4.90 Å². The summed E-state index contributed by atoms with van der Waals surface area (Å²) < 4.78 is 5.61. The Labute approximate surface area is 211 Å². The number of nitrogens with one attached hydrogen (secondary N) is 1. The molecule has 35 heavy (non-hydrogen) atoms. The first-order valence-corrected chi connectivity index (χ1v) is 13.5. The van der Waals surface area contributed by atoms with Crippen molar-refractivity contribution in [3.8, 4) is 17.0 Å². The number of aryl methyl sites for hydroxylation is 1. The summed E-state index contributed by atoms with van der Waals surface area (Å²) in [6.07, 6.45) is 6.89. The zero-order valence-electron chi connectivity index (χ0n) is 20.4. The molecule has 1 saturated carbocycles. The van der Waals surface area contributed by atoms with Gasteiger partial charge in [0.1, 0.15) is 6.33 Å². The van der Waals surface area contributed by atoms with E-state index in [1.165, 1.54) is 10.5 Å². The van der Waals surface area contributed by atoms with Gasteiger partial charge in [-0.1, -0.05) is 25.1 Å². The minimum atomic E-state index is -0.0489. The monoisotopic (exact) mass is 488 g/mol. The molecule has 1 aromatic heterocycles. The van der Waals surface area contributed by atoms with E-state index < -0.39 is 0 Å².